The third-order valence-electron chi connectivity index (χ3n) is 4.27. The summed E-state index contributed by atoms with van der Waals surface area (Å²) < 4.78 is 0. The normalized spacial score (nSPS) is 14.3. The molecule has 23 heavy (non-hydrogen) atoms. The lowest BCUT2D eigenvalue weighted by Gasteiger charge is -2.20. The number of aliphatic hydroxyl groups excluding tert-OH is 1. The smallest absolute Gasteiger partial charge is 0.0584 e. The zero-order valence-corrected chi connectivity index (χ0v) is 14.5. The van der Waals surface area contributed by atoms with Crippen LogP contribution in [0.15, 0.2) is 42.5 Å². The Hall–Kier alpha value is -1.42. The predicted molar refractivity (Wildman–Crippen MR) is 98.7 cm³/mol. The van der Waals surface area contributed by atoms with E-state index in [1.807, 2.05) is 0 Å². The van der Waals surface area contributed by atoms with Crippen LogP contribution >= 0.6 is 0 Å². The topological polar surface area (TPSA) is 44.3 Å². The lowest BCUT2D eigenvalue weighted by molar-refractivity contribution is 0.224. The van der Waals surface area contributed by atoms with Crippen LogP contribution in [0.2, 0.25) is 0 Å². The first kappa shape index (κ1) is 17.9. The monoisotopic (exact) mass is 314 g/mol. The first-order valence-corrected chi connectivity index (χ1v) is 8.67. The molecule has 3 heteroatoms. The van der Waals surface area contributed by atoms with Gasteiger partial charge in [0.25, 0.3) is 0 Å². The maximum atomic E-state index is 9.40. The van der Waals surface area contributed by atoms with Gasteiger partial charge in [0.05, 0.1) is 6.61 Å². The van der Waals surface area contributed by atoms with Crippen LogP contribution in [0.25, 0.3) is 10.8 Å². The molecule has 0 radical (unpaired) electrons. The Morgan fingerprint density at radius 2 is 1.61 bits per heavy atom. The van der Waals surface area contributed by atoms with E-state index < -0.39 is 0 Å². The highest BCUT2D eigenvalue weighted by Crippen LogP contribution is 2.23. The summed E-state index contributed by atoms with van der Waals surface area (Å²) in [4.78, 5) is 0. The second-order valence-electron chi connectivity index (χ2n) is 6.71. The van der Waals surface area contributed by atoms with Crippen LogP contribution in [0, 0.1) is 5.92 Å². The summed E-state index contributed by atoms with van der Waals surface area (Å²) in [7, 11) is 0. The lowest BCUT2D eigenvalue weighted by atomic mass is 10.00. The molecule has 0 heterocycles. The molecule has 0 aliphatic rings. The van der Waals surface area contributed by atoms with Gasteiger partial charge in [0.1, 0.15) is 0 Å². The molecule has 0 saturated heterocycles. The molecule has 0 saturated carbocycles. The van der Waals surface area contributed by atoms with Crippen LogP contribution in [0.5, 0.6) is 0 Å². The predicted octanol–water partition coefficient (Wildman–Crippen LogP) is 3.49. The summed E-state index contributed by atoms with van der Waals surface area (Å²) in [6.45, 7) is 8.54. The molecule has 1 unspecified atom stereocenters. The highest BCUT2D eigenvalue weighted by molar-refractivity contribution is 5.86. The van der Waals surface area contributed by atoms with Gasteiger partial charge in [-0.1, -0.05) is 56.3 Å². The van der Waals surface area contributed by atoms with E-state index in [0.717, 1.165) is 19.5 Å². The van der Waals surface area contributed by atoms with E-state index in [2.05, 4.69) is 73.9 Å². The lowest BCUT2D eigenvalue weighted by Crippen LogP contribution is -2.38. The molecule has 0 spiro atoms. The van der Waals surface area contributed by atoms with Gasteiger partial charge in [0, 0.05) is 25.2 Å². The van der Waals surface area contributed by atoms with E-state index in [0.29, 0.717) is 12.0 Å². The van der Waals surface area contributed by atoms with Crippen molar-refractivity contribution in [2.45, 2.75) is 39.3 Å². The zero-order valence-electron chi connectivity index (χ0n) is 14.5. The Balaban J connectivity index is 1.86. The van der Waals surface area contributed by atoms with Crippen molar-refractivity contribution in [2.75, 3.05) is 19.7 Å². The number of hydrogen-bond donors (Lipinski definition) is 3. The number of aliphatic hydroxyl groups is 1. The highest BCUT2D eigenvalue weighted by Gasteiger charge is 2.10. The second-order valence-corrected chi connectivity index (χ2v) is 6.71. The van der Waals surface area contributed by atoms with Gasteiger partial charge in [0.2, 0.25) is 0 Å². The first-order valence-electron chi connectivity index (χ1n) is 8.67. The minimum atomic E-state index is 0.199. The summed E-state index contributed by atoms with van der Waals surface area (Å²) in [6, 6.07) is 15.5. The number of benzene rings is 2. The van der Waals surface area contributed by atoms with Crippen LogP contribution in [0.4, 0.5) is 0 Å². The number of rotatable bonds is 9. The molecule has 0 aromatic heterocycles. The van der Waals surface area contributed by atoms with E-state index in [1.165, 1.54) is 16.3 Å². The standard InChI is InChI=1S/C20H30N2O/c1-15(2)13-18(14-23)22-12-11-21-16(3)19-10-6-8-17-7-4-5-9-20(17)19/h4-10,15-16,18,21-23H,11-14H2,1-3H3/t16?,18-/m0/s1. The Bertz CT molecular complexity index is 592. The van der Waals surface area contributed by atoms with E-state index in [1.54, 1.807) is 0 Å². The third-order valence-corrected chi connectivity index (χ3v) is 4.27. The summed E-state index contributed by atoms with van der Waals surface area (Å²) >= 11 is 0. The average Bonchev–Trinajstić information content (AvgIpc) is 2.56. The Labute approximate surface area is 140 Å². The molecule has 3 N–H and O–H groups in total. The number of hydrogen-bond acceptors (Lipinski definition) is 3. The van der Waals surface area contributed by atoms with Crippen LogP contribution in [0.3, 0.4) is 0 Å². The molecule has 0 fully saturated rings. The Morgan fingerprint density at radius 1 is 0.913 bits per heavy atom. The fraction of sp³-hybridized carbons (Fsp3) is 0.500. The second kappa shape index (κ2) is 9.02. The summed E-state index contributed by atoms with van der Waals surface area (Å²) in [5.74, 6) is 0.599. The van der Waals surface area contributed by atoms with E-state index in [9.17, 15) is 5.11 Å². The van der Waals surface area contributed by atoms with Crippen molar-refractivity contribution in [1.29, 1.82) is 0 Å². The molecular formula is C20H30N2O. The average molecular weight is 314 g/mol. The molecule has 3 nitrogen and oxygen atoms in total. The van der Waals surface area contributed by atoms with Crippen LogP contribution < -0.4 is 10.6 Å². The Kier molecular flexibility index (Phi) is 7.03. The number of nitrogens with one attached hydrogen (secondary N) is 2. The van der Waals surface area contributed by atoms with Crippen molar-refractivity contribution in [3.8, 4) is 0 Å². The van der Waals surface area contributed by atoms with E-state index >= 15 is 0 Å². The molecule has 0 aliphatic carbocycles. The van der Waals surface area contributed by atoms with Gasteiger partial charge < -0.3 is 15.7 Å². The fourth-order valence-electron chi connectivity index (χ4n) is 3.09. The molecule has 2 aromatic rings. The van der Waals surface area contributed by atoms with Crippen LogP contribution in [-0.2, 0) is 0 Å². The van der Waals surface area contributed by atoms with Gasteiger partial charge in [-0.3, -0.25) is 0 Å². The largest absolute Gasteiger partial charge is 0.395 e. The molecule has 2 rings (SSSR count). The molecule has 2 atom stereocenters. The molecular weight excluding hydrogens is 284 g/mol. The summed E-state index contributed by atoms with van der Waals surface area (Å²) in [5, 5.41) is 19.0. The minimum absolute atomic E-state index is 0.199. The van der Waals surface area contributed by atoms with Crippen LogP contribution in [-0.4, -0.2) is 30.8 Å². The van der Waals surface area contributed by atoms with Crippen molar-refractivity contribution in [3.05, 3.63) is 48.0 Å². The van der Waals surface area contributed by atoms with Crippen molar-refractivity contribution in [2.24, 2.45) is 5.92 Å². The SMILES string of the molecule is CC(C)C[C@@H](CO)NCCNC(C)c1cccc2ccccc12. The van der Waals surface area contributed by atoms with Gasteiger partial charge in [-0.25, -0.2) is 0 Å². The Morgan fingerprint density at radius 3 is 2.35 bits per heavy atom. The van der Waals surface area contributed by atoms with Gasteiger partial charge in [0.15, 0.2) is 0 Å². The quantitative estimate of drug-likeness (QED) is 0.621. The van der Waals surface area contributed by atoms with Gasteiger partial charge in [-0.15, -0.1) is 0 Å². The summed E-state index contributed by atoms with van der Waals surface area (Å²) in [5.41, 5.74) is 1.34. The fourth-order valence-corrected chi connectivity index (χ4v) is 3.09. The molecule has 2 aromatic carbocycles. The van der Waals surface area contributed by atoms with Gasteiger partial charge in [-0.05, 0) is 35.6 Å². The zero-order chi connectivity index (χ0) is 16.7. The minimum Gasteiger partial charge on any atom is -0.395 e. The van der Waals surface area contributed by atoms with Crippen LogP contribution in [0.1, 0.15) is 38.8 Å². The van der Waals surface area contributed by atoms with E-state index in [-0.39, 0.29) is 12.6 Å². The van der Waals surface area contributed by atoms with Crippen molar-refractivity contribution >= 4 is 10.8 Å². The van der Waals surface area contributed by atoms with Crippen molar-refractivity contribution in [3.63, 3.8) is 0 Å². The van der Waals surface area contributed by atoms with Gasteiger partial charge >= 0.3 is 0 Å². The summed E-state index contributed by atoms with van der Waals surface area (Å²) in [6.07, 6.45) is 1.01. The maximum absolute atomic E-state index is 9.40. The molecule has 0 bridgehead atoms. The van der Waals surface area contributed by atoms with Crippen molar-refractivity contribution in [1.82, 2.24) is 10.6 Å². The van der Waals surface area contributed by atoms with Gasteiger partial charge in [-0.2, -0.15) is 0 Å². The van der Waals surface area contributed by atoms with E-state index in [4.69, 9.17) is 0 Å². The molecule has 126 valence electrons. The molecule has 0 amide bonds. The maximum Gasteiger partial charge on any atom is 0.0584 e. The molecule has 0 aliphatic heterocycles. The van der Waals surface area contributed by atoms with Crippen molar-refractivity contribution < 1.29 is 5.11 Å². The third kappa shape index (κ3) is 5.31. The highest BCUT2D eigenvalue weighted by atomic mass is 16.3. The number of fused-ring (bicyclic) bond motifs is 1. The first-order chi connectivity index (χ1) is 11.1.